The second-order valence-electron chi connectivity index (χ2n) is 37.6. The van der Waals surface area contributed by atoms with Gasteiger partial charge in [-0.05, 0) is 296 Å². The molecule has 0 N–H and O–H groups in total. The first-order chi connectivity index (χ1) is 66.8. The zero-order chi connectivity index (χ0) is 93.3. The summed E-state index contributed by atoms with van der Waals surface area (Å²) in [6, 6.07) is 130. The minimum absolute atomic E-state index is 0.0182. The lowest BCUT2D eigenvalue weighted by atomic mass is 9.33. The van der Waals surface area contributed by atoms with Crippen LogP contribution in [-0.4, -0.2) is 50.0 Å². The molecule has 0 aliphatic carbocycles. The van der Waals surface area contributed by atoms with Crippen LogP contribution in [0, 0.1) is 62.3 Å². The Kier molecular flexibility index (Phi) is 20.6. The largest absolute Gasteiger partial charge is 0.311 e. The molecule has 16 aromatic carbocycles. The Morgan fingerprint density at radius 1 is 0.257 bits per heavy atom. The number of hydrogen-bond donors (Lipinski definition) is 0. The van der Waals surface area contributed by atoms with Crippen LogP contribution in [0.3, 0.4) is 0 Å². The molecule has 0 radical (unpaired) electrons. The number of fused-ring (bicyclic) bond motifs is 12. The van der Waals surface area contributed by atoms with E-state index < -0.39 is 0 Å². The Hall–Kier alpha value is -16.2. The van der Waals surface area contributed by atoms with E-state index in [1.54, 1.807) is 12.4 Å². The number of para-hydroxylation sites is 10. The number of rotatable bonds is 10. The molecule has 15 heteroatoms. The second-order valence-corrected chi connectivity index (χ2v) is 37.6. The third-order valence-electron chi connectivity index (χ3n) is 27.9. The van der Waals surface area contributed by atoms with Crippen molar-refractivity contribution in [2.45, 2.75) is 88.5 Å². The van der Waals surface area contributed by atoms with Crippen molar-refractivity contribution in [1.29, 1.82) is 0 Å². The van der Waals surface area contributed by atoms with Crippen LogP contribution in [0.4, 0.5) is 102 Å². The van der Waals surface area contributed by atoms with Gasteiger partial charge < -0.3 is 29.4 Å². The van der Waals surface area contributed by atoms with E-state index in [4.69, 9.17) is 26.3 Å². The van der Waals surface area contributed by atoms with Gasteiger partial charge in [0.15, 0.2) is 0 Å². The van der Waals surface area contributed by atoms with E-state index in [9.17, 15) is 0 Å². The summed E-state index contributed by atoms with van der Waals surface area (Å²) in [6.07, 6.45) is 5.39. The highest BCUT2D eigenvalue weighted by molar-refractivity contribution is 7.02. The Morgan fingerprint density at radius 3 is 0.978 bits per heavy atom. The molecule has 0 spiro atoms. The van der Waals surface area contributed by atoms with Gasteiger partial charge in [0, 0.05) is 149 Å². The van der Waals surface area contributed by atoms with E-state index in [0.29, 0.717) is 6.04 Å². The van der Waals surface area contributed by atoms with Crippen molar-refractivity contribution < 1.29 is 1.37 Å². The second kappa shape index (κ2) is 33.8. The van der Waals surface area contributed by atoms with E-state index >= 15 is 0 Å². The normalized spacial score (nSPS) is 13.1. The average Bonchev–Trinajstić information content (AvgIpc) is 0.708. The molecule has 0 unspecified atom stereocenters. The molecular formula is C121H99B3N12. The third-order valence-corrected chi connectivity index (χ3v) is 27.9. The van der Waals surface area contributed by atoms with Crippen molar-refractivity contribution in [3.63, 3.8) is 0 Å². The fourth-order valence-corrected chi connectivity index (χ4v) is 22.4. The van der Waals surface area contributed by atoms with Crippen LogP contribution in [0.2, 0.25) is 0 Å². The van der Waals surface area contributed by atoms with Crippen molar-refractivity contribution in [1.82, 2.24) is 29.9 Å². The van der Waals surface area contributed by atoms with Crippen LogP contribution in [-0.2, 0) is 5.41 Å². The van der Waals surface area contributed by atoms with Gasteiger partial charge in [0.25, 0.3) is 20.1 Å². The molecule has 25 rings (SSSR count). The summed E-state index contributed by atoms with van der Waals surface area (Å²) in [6.45, 7) is 25.9. The summed E-state index contributed by atoms with van der Waals surface area (Å²) in [4.78, 5) is 43.4. The highest BCUT2D eigenvalue weighted by Gasteiger charge is 2.48. The molecule has 652 valence electrons. The first kappa shape index (κ1) is 82.9. The van der Waals surface area contributed by atoms with Gasteiger partial charge in [-0.3, -0.25) is 19.9 Å². The molecule has 9 heterocycles. The van der Waals surface area contributed by atoms with Crippen LogP contribution in [0.1, 0.15) is 78.7 Å². The number of hydrogen-bond acceptors (Lipinski definition) is 12. The maximum Gasteiger partial charge on any atom is 0.252 e. The fourth-order valence-electron chi connectivity index (χ4n) is 22.4. The summed E-state index contributed by atoms with van der Waals surface area (Å²) in [7, 11) is 0. The summed E-state index contributed by atoms with van der Waals surface area (Å²) in [5.41, 5.74) is 50.7. The minimum atomic E-state index is -0.0200. The van der Waals surface area contributed by atoms with Gasteiger partial charge in [-0.15, -0.1) is 0 Å². The summed E-state index contributed by atoms with van der Waals surface area (Å²) < 4.78 is 8.61. The fraction of sp³-hybridized carbons (Fsp3) is 0.107. The van der Waals surface area contributed by atoms with Gasteiger partial charge in [-0.25, -0.2) is 9.97 Å². The van der Waals surface area contributed by atoms with Gasteiger partial charge in [-0.1, -0.05) is 245 Å². The molecule has 3 aromatic heterocycles. The predicted molar refractivity (Wildman–Crippen MR) is 571 cm³/mol. The maximum absolute atomic E-state index is 8.61. The molecule has 19 aromatic rings. The van der Waals surface area contributed by atoms with Crippen LogP contribution in [0.5, 0.6) is 0 Å². The highest BCUT2D eigenvalue weighted by atomic mass is 15.2. The summed E-state index contributed by atoms with van der Waals surface area (Å²) >= 11 is 0. The first-order valence-corrected chi connectivity index (χ1v) is 47.1. The summed E-state index contributed by atoms with van der Waals surface area (Å²) in [5.74, 6) is 0.799. The average molecular weight is 1750 g/mol. The van der Waals surface area contributed by atoms with Crippen LogP contribution in [0.15, 0.2) is 383 Å². The summed E-state index contributed by atoms with van der Waals surface area (Å²) in [5, 5.41) is 0. The number of nitrogens with zero attached hydrogens (tertiary/aromatic N) is 12. The Morgan fingerprint density at radius 2 is 0.588 bits per heavy atom. The van der Waals surface area contributed by atoms with Crippen molar-refractivity contribution in [3.05, 3.63) is 439 Å². The molecule has 0 amide bonds. The van der Waals surface area contributed by atoms with Crippen molar-refractivity contribution in [2.75, 3.05) is 29.4 Å². The van der Waals surface area contributed by atoms with E-state index in [0.717, 1.165) is 142 Å². The molecule has 6 aliphatic rings. The Bertz CT molecular complexity index is 7920. The smallest absolute Gasteiger partial charge is 0.252 e. The number of anilines is 18. The van der Waals surface area contributed by atoms with E-state index in [1.807, 2.05) is 45.2 Å². The lowest BCUT2D eigenvalue weighted by molar-refractivity contribution is 0.591. The number of aromatic nitrogens is 6. The zero-order valence-corrected chi connectivity index (χ0v) is 78.4. The van der Waals surface area contributed by atoms with E-state index in [1.165, 1.54) is 111 Å². The molecule has 0 saturated heterocycles. The minimum Gasteiger partial charge on any atom is -0.311 e. The van der Waals surface area contributed by atoms with Crippen molar-refractivity contribution >= 4 is 172 Å². The van der Waals surface area contributed by atoms with Crippen molar-refractivity contribution in [2.24, 2.45) is 0 Å². The van der Waals surface area contributed by atoms with Gasteiger partial charge in [0.1, 0.15) is 5.82 Å². The molecule has 0 bridgehead atoms. The van der Waals surface area contributed by atoms with E-state index in [2.05, 4.69) is 436 Å². The monoisotopic (exact) mass is 1750 g/mol. The van der Waals surface area contributed by atoms with Crippen LogP contribution in [0.25, 0.3) is 44.8 Å². The van der Waals surface area contributed by atoms with Gasteiger partial charge in [0.2, 0.25) is 0 Å². The van der Waals surface area contributed by atoms with Gasteiger partial charge in [0.05, 0.1) is 29.8 Å². The quantitative estimate of drug-likeness (QED) is 0.122. The predicted octanol–water partition coefficient (Wildman–Crippen LogP) is 24.4. The number of benzene rings is 16. The lowest BCUT2D eigenvalue weighted by Crippen LogP contribution is -2.61. The van der Waals surface area contributed by atoms with Gasteiger partial charge in [-0.2, -0.15) is 0 Å². The third kappa shape index (κ3) is 14.2. The Labute approximate surface area is 799 Å². The zero-order valence-electron chi connectivity index (χ0n) is 79.4. The van der Waals surface area contributed by atoms with Crippen molar-refractivity contribution in [3.8, 4) is 44.8 Å². The highest BCUT2D eigenvalue weighted by Crippen LogP contribution is 2.52. The first-order valence-electron chi connectivity index (χ1n) is 47.6. The Balaban J connectivity index is 0.000000116. The molecule has 0 atom stereocenters. The van der Waals surface area contributed by atoms with Crippen LogP contribution < -0.4 is 78.6 Å². The topological polar surface area (TPSA) is 96.8 Å². The standard InChI is InChI=1S/C45H37BN4.C41H37BN4.C35H25BN4/c1-28-22-29(2)43(30(3)23-28)33-20-21-40-38(24-33)46-37-18-12-13-19-39(37)49(35-14-8-6-9-15-35)41-25-34(45-32(5)48-31(4)27-47-45)26-42(44(41)46)50(40)36-16-10-7-11-17-36;1-26-39(27(2)44-28(3)43-26)29-23-37-40-38(24-29)46(32-17-11-8-12-18-32)36-22-21-30(41(4,5)6)25-34(36)42(40)33-19-13-14-20-35(33)45(37)31-15-9-7-10-16-31;1-24-35(38-21-20-37-24)25-22-32-34-33(23-25)40(27-14-6-3-7-15-27)31-19-11-9-17-29(31)36(34)28-16-8-10-18-30(28)39(32)26-12-4-2-5-13-26/h6-27H,1-5H3;7-25H,1-6H3;2-23H,1H3/i;;8D. The van der Waals surface area contributed by atoms with Gasteiger partial charge >= 0.3 is 0 Å². The molecule has 6 aliphatic heterocycles. The van der Waals surface area contributed by atoms with E-state index in [-0.39, 0.29) is 25.6 Å². The number of aryl methyl sites for hydroxylation is 9. The SMILES string of the molecule is Cc1cc(C)c(-c2ccc3c(c2)B2c4ccccc4N(c4ccccc4)c4cc(-c5ncc(C)nc5C)cc(c42)N3c2ccccc2)c(C)c1.Cc1nc(C)c(-c2cc3c4c(c2)N(c2ccccc2)c2ccc(C(C)(C)C)cc2B4c2ccccc2N3c2ccccc2)c(C)n1.[2H]c1ccc2c(c1)B1c3ccccc3N(c3ccccc3)c3cc(-c4nccnc4C)cc(c31)N2c1ccccc1. The molecule has 0 fully saturated rings. The lowest BCUT2D eigenvalue weighted by Gasteiger charge is -2.44. The molecule has 0 saturated carbocycles. The molecule has 12 nitrogen and oxygen atoms in total. The van der Waals surface area contributed by atoms with Crippen LogP contribution >= 0.6 is 0 Å². The molecule has 136 heavy (non-hydrogen) atoms. The molecular weight excluding hydrogens is 1650 g/mol. The maximum atomic E-state index is 8.61.